The van der Waals surface area contributed by atoms with Crippen molar-refractivity contribution in [2.45, 2.75) is 81.7 Å². The summed E-state index contributed by atoms with van der Waals surface area (Å²) in [6.07, 6.45) is 0.155. The summed E-state index contributed by atoms with van der Waals surface area (Å²) in [5, 5.41) is 19.9. The average molecular weight is 1050 g/mol. The number of nitrogens with one attached hydrogen (secondary N) is 3. The Morgan fingerprint density at radius 1 is 0.600 bits per heavy atom. The van der Waals surface area contributed by atoms with Gasteiger partial charge < -0.3 is 25.3 Å². The Hall–Kier alpha value is -8.86. The first kappa shape index (κ1) is 49.7. The molecule has 0 radical (unpaired) electrons. The van der Waals surface area contributed by atoms with E-state index in [-0.39, 0.29) is 75.8 Å². The summed E-state index contributed by atoms with van der Waals surface area (Å²) in [4.78, 5) is 52.7. The molecule has 3 aliphatic rings. The highest BCUT2D eigenvalue weighted by Gasteiger charge is 2.39. The van der Waals surface area contributed by atoms with Crippen LogP contribution in [0.4, 0.5) is 62.7 Å². The van der Waals surface area contributed by atoms with Crippen molar-refractivity contribution in [2.75, 3.05) is 23.1 Å². The Bertz CT molecular complexity index is 3540. The molecule has 3 aliphatic carbocycles. The zero-order valence-electron chi connectivity index (χ0n) is 38.6. The van der Waals surface area contributed by atoms with E-state index in [1.165, 1.54) is 64.2 Å². The number of anilines is 3. The molecular formula is C45H37F9N18O3. The number of hydrogen-bond donors (Lipinski definition) is 3. The van der Waals surface area contributed by atoms with Crippen LogP contribution in [0.2, 0.25) is 0 Å². The van der Waals surface area contributed by atoms with Crippen LogP contribution in [0.25, 0.3) is 44.9 Å². The molecule has 0 spiro atoms. The van der Waals surface area contributed by atoms with Gasteiger partial charge in [-0.15, -0.1) is 0 Å². The Morgan fingerprint density at radius 2 is 1.07 bits per heavy atom. The van der Waals surface area contributed by atoms with Crippen molar-refractivity contribution in [3.63, 3.8) is 0 Å². The Balaban J connectivity index is 0.000000129. The molecule has 3 saturated carbocycles. The third kappa shape index (κ3) is 11.4. The van der Waals surface area contributed by atoms with Crippen LogP contribution < -0.4 is 20.7 Å². The zero-order chi connectivity index (χ0) is 52.8. The number of aromatic nitrogens is 14. The smallest absolute Gasteiger partial charge is 0.451 e. The van der Waals surface area contributed by atoms with E-state index in [9.17, 15) is 49.6 Å². The van der Waals surface area contributed by atoms with Crippen LogP contribution in [0, 0.1) is 10.1 Å². The lowest BCUT2D eigenvalue weighted by atomic mass is 10.2. The second-order valence-electron chi connectivity index (χ2n) is 17.2. The SMILES string of the molecule is COc1ccc(-n2cnc3c(NC4CC4)nc(C(F)(F)F)nc32)cn1.FC(F)(F)c1nc(NC2CC2)c2ncn(-c3ccncc3)c2n1.O=[N+]([O-])c1cccc(Cn2cnc3c(NC4CC4)nc(C(F)(F)F)nc32)c1. The summed E-state index contributed by atoms with van der Waals surface area (Å²) >= 11 is 0. The fourth-order valence-corrected chi connectivity index (χ4v) is 7.29. The molecule has 21 nitrogen and oxygen atoms in total. The summed E-state index contributed by atoms with van der Waals surface area (Å²) in [6, 6.07) is 12.9. The Labute approximate surface area is 414 Å². The monoisotopic (exact) mass is 1050 g/mol. The number of non-ortho nitro benzene ring substituents is 1. The number of methoxy groups -OCH3 is 1. The maximum absolute atomic E-state index is 13.2. The number of nitro groups is 1. The van der Waals surface area contributed by atoms with Gasteiger partial charge in [-0.25, -0.2) is 49.8 Å². The zero-order valence-corrected chi connectivity index (χ0v) is 38.6. The van der Waals surface area contributed by atoms with Gasteiger partial charge in [-0.05, 0) is 62.3 Å². The number of ether oxygens (including phenoxy) is 1. The van der Waals surface area contributed by atoms with Crippen LogP contribution in [0.15, 0.2) is 86.1 Å². The minimum atomic E-state index is -4.70. The van der Waals surface area contributed by atoms with E-state index in [1.54, 1.807) is 42.7 Å². The summed E-state index contributed by atoms with van der Waals surface area (Å²) in [5.74, 6) is -2.96. The molecule has 30 heteroatoms. The predicted octanol–water partition coefficient (Wildman–Crippen LogP) is 8.99. The van der Waals surface area contributed by atoms with Crippen LogP contribution in [0.3, 0.4) is 0 Å². The fourth-order valence-electron chi connectivity index (χ4n) is 7.29. The first-order chi connectivity index (χ1) is 35.8. The molecule has 75 heavy (non-hydrogen) atoms. The molecule has 1 aromatic carbocycles. The number of fused-ring (bicyclic) bond motifs is 3. The summed E-state index contributed by atoms with van der Waals surface area (Å²) in [5.41, 5.74) is 2.65. The first-order valence-electron chi connectivity index (χ1n) is 22.7. The highest BCUT2D eigenvalue weighted by atomic mass is 19.4. The number of halogens is 9. The van der Waals surface area contributed by atoms with Gasteiger partial charge in [0.1, 0.15) is 18.2 Å². The number of benzene rings is 1. The molecule has 0 saturated heterocycles. The lowest BCUT2D eigenvalue weighted by Crippen LogP contribution is -2.15. The van der Waals surface area contributed by atoms with Gasteiger partial charge in [0.25, 0.3) is 5.69 Å². The quantitative estimate of drug-likeness (QED) is 0.0587. The molecule has 0 aliphatic heterocycles. The summed E-state index contributed by atoms with van der Waals surface area (Å²) in [7, 11) is 1.48. The fraction of sp³-hybridized carbons (Fsp3) is 0.311. The van der Waals surface area contributed by atoms with Crippen LogP contribution >= 0.6 is 0 Å². The van der Waals surface area contributed by atoms with E-state index in [0.29, 0.717) is 28.3 Å². The number of hydrogen-bond acceptors (Lipinski definition) is 17. The molecule has 8 aromatic heterocycles. The normalized spacial score (nSPS) is 14.7. The summed E-state index contributed by atoms with van der Waals surface area (Å²) < 4.78 is 128. The van der Waals surface area contributed by atoms with Crippen LogP contribution in [0.1, 0.15) is 61.6 Å². The molecule has 8 heterocycles. The van der Waals surface area contributed by atoms with Crippen molar-refractivity contribution in [3.05, 3.63) is 119 Å². The van der Waals surface area contributed by atoms with Gasteiger partial charge in [0.05, 0.1) is 42.5 Å². The maximum Gasteiger partial charge on any atom is 0.451 e. The Kier molecular flexibility index (Phi) is 12.9. The lowest BCUT2D eigenvalue weighted by molar-refractivity contribution is -0.384. The van der Waals surface area contributed by atoms with Gasteiger partial charge in [0.15, 0.2) is 45.4 Å². The number of nitrogens with zero attached hydrogens (tertiary/aromatic N) is 15. The highest BCUT2D eigenvalue weighted by molar-refractivity contribution is 5.86. The molecule has 9 aromatic rings. The minimum absolute atomic E-state index is 0.0204. The van der Waals surface area contributed by atoms with Gasteiger partial charge >= 0.3 is 18.5 Å². The average Bonchev–Trinajstić information content (AvgIpc) is 4.35. The third-order valence-corrected chi connectivity index (χ3v) is 11.4. The predicted molar refractivity (Wildman–Crippen MR) is 248 cm³/mol. The van der Waals surface area contributed by atoms with Crippen molar-refractivity contribution in [2.24, 2.45) is 0 Å². The van der Waals surface area contributed by atoms with E-state index in [4.69, 9.17) is 4.74 Å². The molecule has 0 unspecified atom stereocenters. The van der Waals surface area contributed by atoms with Gasteiger partial charge in [-0.2, -0.15) is 39.5 Å². The molecular weight excluding hydrogens is 1010 g/mol. The van der Waals surface area contributed by atoms with Gasteiger partial charge in [0, 0.05) is 48.7 Å². The van der Waals surface area contributed by atoms with Gasteiger partial charge in [-0.1, -0.05) is 12.1 Å². The van der Waals surface area contributed by atoms with E-state index in [2.05, 4.69) is 70.8 Å². The standard InChI is InChI=1S/C16H13F3N6O2.C15H13F3N6O.C14H11F3N6/c17-16(18,19)15-22-13(21-10-4-5-10)12-14(23-15)24(8-20-12)7-9-2-1-3-11(6-9)25(26)27;1-25-10-5-4-9(6-19-10)24-7-20-11-12(21-8-2-3-8)22-14(15(16,17)18)23-13(11)24;15-14(16,17)13-21-11(20-8-1-2-8)10-12(22-13)23(7-19-10)9-3-5-18-6-4-9/h1-3,6,8,10H,4-5,7H2,(H,21,22,23);4-8H,2-3H2,1H3,(H,21,22,23);3-8H,1-2H2,(H,20,21,22). The second-order valence-corrected chi connectivity index (χ2v) is 17.2. The van der Waals surface area contributed by atoms with E-state index in [0.717, 1.165) is 38.5 Å². The maximum atomic E-state index is 13.2. The van der Waals surface area contributed by atoms with Gasteiger partial charge in [-0.3, -0.25) is 24.2 Å². The Morgan fingerprint density at radius 3 is 1.51 bits per heavy atom. The molecule has 0 amide bonds. The van der Waals surface area contributed by atoms with Crippen molar-refractivity contribution < 1.29 is 49.2 Å². The largest absolute Gasteiger partial charge is 0.481 e. The van der Waals surface area contributed by atoms with E-state index < -0.39 is 40.9 Å². The van der Waals surface area contributed by atoms with Crippen molar-refractivity contribution >= 4 is 56.6 Å². The first-order valence-corrected chi connectivity index (χ1v) is 22.7. The minimum Gasteiger partial charge on any atom is -0.481 e. The molecule has 0 bridgehead atoms. The number of nitro benzene ring substituents is 1. The molecule has 388 valence electrons. The van der Waals surface area contributed by atoms with Crippen LogP contribution in [-0.4, -0.2) is 98.7 Å². The third-order valence-electron chi connectivity index (χ3n) is 11.4. The summed E-state index contributed by atoms with van der Waals surface area (Å²) in [6.45, 7) is 0.0926. The van der Waals surface area contributed by atoms with Crippen molar-refractivity contribution in [1.82, 2.24) is 68.5 Å². The van der Waals surface area contributed by atoms with Gasteiger partial charge in [0.2, 0.25) is 23.4 Å². The van der Waals surface area contributed by atoms with E-state index >= 15 is 0 Å². The van der Waals surface area contributed by atoms with Crippen LogP contribution in [0.5, 0.6) is 5.88 Å². The van der Waals surface area contributed by atoms with Crippen LogP contribution in [-0.2, 0) is 25.1 Å². The molecule has 3 fully saturated rings. The van der Waals surface area contributed by atoms with Crippen molar-refractivity contribution in [3.8, 4) is 17.3 Å². The number of alkyl halides is 9. The molecule has 0 atom stereocenters. The molecule has 12 rings (SSSR count). The lowest BCUT2D eigenvalue weighted by Gasteiger charge is -2.10. The second kappa shape index (κ2) is 19.5. The number of rotatable bonds is 12. The number of pyridine rings is 2. The molecule has 3 N–H and O–H groups in total. The highest BCUT2D eigenvalue weighted by Crippen LogP contribution is 2.36. The number of imidazole rings is 3. The van der Waals surface area contributed by atoms with E-state index in [1.807, 2.05) is 0 Å². The van der Waals surface area contributed by atoms with Crippen molar-refractivity contribution in [1.29, 1.82) is 0 Å². The topological polar surface area (TPSA) is 245 Å².